The number of benzene rings is 1. The summed E-state index contributed by atoms with van der Waals surface area (Å²) in [7, 11) is 0. The fourth-order valence-corrected chi connectivity index (χ4v) is 3.20. The van der Waals surface area contributed by atoms with Gasteiger partial charge in [0.15, 0.2) is 5.16 Å². The third-order valence-corrected chi connectivity index (χ3v) is 4.33. The van der Waals surface area contributed by atoms with Gasteiger partial charge in [-0.05, 0) is 32.0 Å². The van der Waals surface area contributed by atoms with Gasteiger partial charge < -0.3 is 11.1 Å². The van der Waals surface area contributed by atoms with Crippen LogP contribution >= 0.6 is 23.4 Å². The topological polar surface area (TPSA) is 107 Å². The Kier molecular flexibility index (Phi) is 5.84. The molecule has 0 saturated heterocycles. The molecule has 1 aromatic heterocycles. The van der Waals surface area contributed by atoms with E-state index >= 15 is 0 Å². The number of carbonyl (C=O) groups is 2. The first kappa shape index (κ1) is 18.3. The van der Waals surface area contributed by atoms with Gasteiger partial charge in [0.1, 0.15) is 0 Å². The number of hydrogen-bond donors (Lipinski definition) is 2. The van der Waals surface area contributed by atoms with Crippen molar-refractivity contribution >= 4 is 46.1 Å². The summed E-state index contributed by atoms with van der Waals surface area (Å²) in [4.78, 5) is 39.5. The molecule has 0 aliphatic heterocycles. The van der Waals surface area contributed by atoms with Crippen LogP contribution in [0.2, 0.25) is 5.02 Å². The maximum absolute atomic E-state index is 12.7. The molecule has 0 atom stereocenters. The molecule has 0 radical (unpaired) electrons. The number of primary amides is 1. The molecule has 1 aromatic carbocycles. The van der Waals surface area contributed by atoms with Crippen LogP contribution in [0.15, 0.2) is 28.2 Å². The standard InChI is InChI=1S/C15H17ClN4O3S/c1-8(2)20-14(23)10-4-3-9(16)5-11(10)19-15(20)24-7-13(22)18-6-12(17)21/h3-5,8H,6-7H2,1-2H3,(H2,17,21)(H,18,22). The van der Waals surface area contributed by atoms with Gasteiger partial charge >= 0.3 is 0 Å². The van der Waals surface area contributed by atoms with Crippen molar-refractivity contribution in [2.75, 3.05) is 12.3 Å². The summed E-state index contributed by atoms with van der Waals surface area (Å²) in [6.45, 7) is 3.50. The third kappa shape index (κ3) is 4.27. The second kappa shape index (κ2) is 7.67. The zero-order chi connectivity index (χ0) is 17.9. The molecule has 0 bridgehead atoms. The van der Waals surface area contributed by atoms with Crippen LogP contribution in [-0.2, 0) is 9.59 Å². The molecular formula is C15H17ClN4O3S. The van der Waals surface area contributed by atoms with E-state index in [0.29, 0.717) is 21.1 Å². The first-order chi connectivity index (χ1) is 11.3. The molecule has 0 aliphatic carbocycles. The van der Waals surface area contributed by atoms with Crippen molar-refractivity contribution < 1.29 is 9.59 Å². The molecule has 128 valence electrons. The molecule has 2 amide bonds. The Balaban J connectivity index is 2.34. The van der Waals surface area contributed by atoms with Gasteiger partial charge in [-0.15, -0.1) is 0 Å². The quantitative estimate of drug-likeness (QED) is 0.590. The normalized spacial score (nSPS) is 11.0. The molecule has 24 heavy (non-hydrogen) atoms. The number of nitrogens with one attached hydrogen (secondary N) is 1. The molecular weight excluding hydrogens is 352 g/mol. The van der Waals surface area contributed by atoms with Crippen LogP contribution in [0.5, 0.6) is 0 Å². The molecule has 0 aliphatic rings. The highest BCUT2D eigenvalue weighted by atomic mass is 35.5. The lowest BCUT2D eigenvalue weighted by Gasteiger charge is -2.16. The molecule has 2 rings (SSSR count). The predicted molar refractivity (Wildman–Crippen MR) is 94.3 cm³/mol. The second-order valence-corrected chi connectivity index (χ2v) is 6.74. The number of rotatable bonds is 6. The fourth-order valence-electron chi connectivity index (χ4n) is 2.08. The lowest BCUT2D eigenvalue weighted by Crippen LogP contribution is -2.34. The maximum atomic E-state index is 12.7. The minimum atomic E-state index is -0.620. The summed E-state index contributed by atoms with van der Waals surface area (Å²) in [5, 5.41) is 3.75. The van der Waals surface area contributed by atoms with Gasteiger partial charge in [-0.1, -0.05) is 23.4 Å². The van der Waals surface area contributed by atoms with Gasteiger partial charge in [0.25, 0.3) is 5.56 Å². The zero-order valence-corrected chi connectivity index (χ0v) is 14.8. The van der Waals surface area contributed by atoms with Gasteiger partial charge in [0, 0.05) is 11.1 Å². The van der Waals surface area contributed by atoms with Crippen molar-refractivity contribution in [3.05, 3.63) is 33.6 Å². The summed E-state index contributed by atoms with van der Waals surface area (Å²) in [5.41, 5.74) is 5.27. The lowest BCUT2D eigenvalue weighted by atomic mass is 10.2. The number of aromatic nitrogens is 2. The number of halogens is 1. The molecule has 1 heterocycles. The number of fused-ring (bicyclic) bond motifs is 1. The van der Waals surface area contributed by atoms with Crippen molar-refractivity contribution in [2.24, 2.45) is 5.73 Å². The summed E-state index contributed by atoms with van der Waals surface area (Å²) < 4.78 is 1.53. The summed E-state index contributed by atoms with van der Waals surface area (Å²) in [5.74, 6) is -0.973. The molecule has 0 saturated carbocycles. The number of nitrogens with zero attached hydrogens (tertiary/aromatic N) is 2. The van der Waals surface area contributed by atoms with Crippen LogP contribution in [0.3, 0.4) is 0 Å². The van der Waals surface area contributed by atoms with Crippen molar-refractivity contribution in [1.82, 2.24) is 14.9 Å². The van der Waals surface area contributed by atoms with Gasteiger partial charge in [0.2, 0.25) is 11.8 Å². The van der Waals surface area contributed by atoms with Crippen LogP contribution in [0.25, 0.3) is 10.9 Å². The number of thioether (sulfide) groups is 1. The Labute approximate surface area is 147 Å². The fraction of sp³-hybridized carbons (Fsp3) is 0.333. The second-order valence-electron chi connectivity index (χ2n) is 5.36. The van der Waals surface area contributed by atoms with Crippen molar-refractivity contribution in [3.8, 4) is 0 Å². The van der Waals surface area contributed by atoms with Crippen LogP contribution in [0.1, 0.15) is 19.9 Å². The van der Waals surface area contributed by atoms with Crippen LogP contribution in [0, 0.1) is 0 Å². The van der Waals surface area contributed by atoms with E-state index in [0.717, 1.165) is 11.8 Å². The summed E-state index contributed by atoms with van der Waals surface area (Å²) >= 11 is 7.08. The average Bonchev–Trinajstić information content (AvgIpc) is 2.50. The van der Waals surface area contributed by atoms with E-state index in [1.807, 2.05) is 13.8 Å². The van der Waals surface area contributed by atoms with Gasteiger partial charge in [-0.2, -0.15) is 0 Å². The van der Waals surface area contributed by atoms with E-state index in [1.165, 1.54) is 4.57 Å². The highest BCUT2D eigenvalue weighted by molar-refractivity contribution is 7.99. The molecule has 0 spiro atoms. The van der Waals surface area contributed by atoms with Crippen LogP contribution in [-0.4, -0.2) is 33.7 Å². The van der Waals surface area contributed by atoms with Crippen molar-refractivity contribution in [1.29, 1.82) is 0 Å². The minimum absolute atomic E-state index is 0.0124. The van der Waals surface area contributed by atoms with E-state index in [1.54, 1.807) is 18.2 Å². The molecule has 9 heteroatoms. The zero-order valence-electron chi connectivity index (χ0n) is 13.2. The Morgan fingerprint density at radius 3 is 2.75 bits per heavy atom. The van der Waals surface area contributed by atoms with E-state index in [9.17, 15) is 14.4 Å². The maximum Gasteiger partial charge on any atom is 0.262 e. The first-order valence-corrected chi connectivity index (χ1v) is 8.55. The SMILES string of the molecule is CC(C)n1c(SCC(=O)NCC(N)=O)nc2cc(Cl)ccc2c1=O. The van der Waals surface area contributed by atoms with E-state index < -0.39 is 5.91 Å². The lowest BCUT2D eigenvalue weighted by molar-refractivity contribution is -0.123. The number of amides is 2. The molecule has 7 nitrogen and oxygen atoms in total. The Bertz CT molecular complexity index is 850. The largest absolute Gasteiger partial charge is 0.368 e. The Hall–Kier alpha value is -2.06. The van der Waals surface area contributed by atoms with E-state index in [-0.39, 0.29) is 29.8 Å². The monoisotopic (exact) mass is 368 g/mol. The van der Waals surface area contributed by atoms with Gasteiger partial charge in [-0.25, -0.2) is 4.98 Å². The molecule has 3 N–H and O–H groups in total. The third-order valence-electron chi connectivity index (χ3n) is 3.14. The predicted octanol–water partition coefficient (Wildman–Crippen LogP) is 1.32. The van der Waals surface area contributed by atoms with Crippen LogP contribution < -0.4 is 16.6 Å². The summed E-state index contributed by atoms with van der Waals surface area (Å²) in [6.07, 6.45) is 0. The van der Waals surface area contributed by atoms with Gasteiger partial charge in [-0.3, -0.25) is 19.0 Å². The highest BCUT2D eigenvalue weighted by Gasteiger charge is 2.15. The smallest absolute Gasteiger partial charge is 0.262 e. The first-order valence-electron chi connectivity index (χ1n) is 7.19. The number of carbonyl (C=O) groups excluding carboxylic acids is 2. The Morgan fingerprint density at radius 2 is 2.12 bits per heavy atom. The molecule has 0 unspecified atom stereocenters. The van der Waals surface area contributed by atoms with E-state index in [2.05, 4.69) is 10.3 Å². The highest BCUT2D eigenvalue weighted by Crippen LogP contribution is 2.22. The minimum Gasteiger partial charge on any atom is -0.368 e. The molecule has 0 fully saturated rings. The average molecular weight is 369 g/mol. The van der Waals surface area contributed by atoms with Crippen molar-refractivity contribution in [2.45, 2.75) is 25.0 Å². The Morgan fingerprint density at radius 1 is 1.42 bits per heavy atom. The van der Waals surface area contributed by atoms with Crippen molar-refractivity contribution in [3.63, 3.8) is 0 Å². The number of hydrogen-bond acceptors (Lipinski definition) is 5. The number of nitrogens with two attached hydrogens (primary N) is 1. The molecule has 2 aromatic rings. The van der Waals surface area contributed by atoms with Gasteiger partial charge in [0.05, 0.1) is 23.2 Å². The summed E-state index contributed by atoms with van der Waals surface area (Å²) in [6, 6.07) is 4.77. The van der Waals surface area contributed by atoms with E-state index in [4.69, 9.17) is 17.3 Å². The van der Waals surface area contributed by atoms with Crippen LogP contribution in [0.4, 0.5) is 0 Å².